The molecular weight excluding hydrogens is 426 g/mol. The van der Waals surface area contributed by atoms with Crippen LogP contribution < -0.4 is 10.6 Å². The first-order valence-electron chi connectivity index (χ1n) is 13.4. The molecular formula is C28H39N3O3. The Morgan fingerprint density at radius 1 is 0.912 bits per heavy atom. The number of rotatable bonds is 7. The molecule has 1 heterocycles. The summed E-state index contributed by atoms with van der Waals surface area (Å²) in [6.45, 7) is 4.52. The van der Waals surface area contributed by atoms with Crippen LogP contribution >= 0.6 is 0 Å². The molecule has 6 nitrogen and oxygen atoms in total. The first-order chi connectivity index (χ1) is 16.5. The van der Waals surface area contributed by atoms with Crippen LogP contribution in [0.1, 0.15) is 80.6 Å². The number of carbonyl (C=O) groups excluding carboxylic acids is 3. The number of amides is 3. The van der Waals surface area contributed by atoms with Crippen molar-refractivity contribution in [3.63, 3.8) is 0 Å². The number of hydrogen-bond donors (Lipinski definition) is 2. The van der Waals surface area contributed by atoms with E-state index < -0.39 is 0 Å². The zero-order valence-corrected chi connectivity index (χ0v) is 20.5. The van der Waals surface area contributed by atoms with Gasteiger partial charge in [0.05, 0.1) is 0 Å². The minimum Gasteiger partial charge on any atom is -0.356 e. The van der Waals surface area contributed by atoms with Gasteiger partial charge >= 0.3 is 0 Å². The van der Waals surface area contributed by atoms with Gasteiger partial charge in [0.2, 0.25) is 11.8 Å². The Morgan fingerprint density at radius 2 is 1.50 bits per heavy atom. The maximum absolute atomic E-state index is 13.2. The molecule has 2 N–H and O–H groups in total. The fourth-order valence-electron chi connectivity index (χ4n) is 7.44. The SMILES string of the molecule is CCCNC(=O)C1CCN(C(=O)c2ccc(CNC(=O)C34CC5CC(CC(C5)C3)C4)cc2)CC1. The largest absolute Gasteiger partial charge is 0.356 e. The lowest BCUT2D eigenvalue weighted by Gasteiger charge is -2.55. The summed E-state index contributed by atoms with van der Waals surface area (Å²) >= 11 is 0. The second-order valence-corrected chi connectivity index (χ2v) is 11.4. The molecule has 5 fully saturated rings. The normalized spacial score (nSPS) is 30.3. The lowest BCUT2D eigenvalue weighted by atomic mass is 9.49. The zero-order chi connectivity index (χ0) is 23.7. The first kappa shape index (κ1) is 23.4. The van der Waals surface area contributed by atoms with Crippen LogP contribution in [0.4, 0.5) is 0 Å². The van der Waals surface area contributed by atoms with Crippen molar-refractivity contribution in [2.75, 3.05) is 19.6 Å². The third-order valence-corrected chi connectivity index (χ3v) is 8.88. The van der Waals surface area contributed by atoms with Crippen LogP contribution in [0.15, 0.2) is 24.3 Å². The predicted molar refractivity (Wildman–Crippen MR) is 131 cm³/mol. The van der Waals surface area contributed by atoms with Crippen molar-refractivity contribution < 1.29 is 14.4 Å². The third kappa shape index (κ3) is 4.73. The highest BCUT2D eigenvalue weighted by Crippen LogP contribution is 2.60. The molecule has 1 aromatic carbocycles. The van der Waals surface area contributed by atoms with E-state index >= 15 is 0 Å². The Hall–Kier alpha value is -2.37. The summed E-state index contributed by atoms with van der Waals surface area (Å²) in [5.74, 6) is 2.69. The fourth-order valence-corrected chi connectivity index (χ4v) is 7.44. The van der Waals surface area contributed by atoms with E-state index in [1.165, 1.54) is 19.3 Å². The van der Waals surface area contributed by atoms with Crippen molar-refractivity contribution in [1.82, 2.24) is 15.5 Å². The van der Waals surface area contributed by atoms with Crippen molar-refractivity contribution >= 4 is 17.7 Å². The Bertz CT molecular complexity index is 882. The Labute approximate surface area is 203 Å². The van der Waals surface area contributed by atoms with Gasteiger partial charge in [-0.1, -0.05) is 19.1 Å². The summed E-state index contributed by atoms with van der Waals surface area (Å²) in [5, 5.41) is 6.19. The number of benzene rings is 1. The molecule has 6 heteroatoms. The Balaban J connectivity index is 1.11. The molecule has 4 saturated carbocycles. The van der Waals surface area contributed by atoms with E-state index in [1.54, 1.807) is 0 Å². The van der Waals surface area contributed by atoms with E-state index in [-0.39, 0.29) is 29.1 Å². The van der Waals surface area contributed by atoms with Gasteiger partial charge in [0.1, 0.15) is 0 Å². The molecule has 4 aliphatic carbocycles. The minimum atomic E-state index is -0.121. The molecule has 0 radical (unpaired) electrons. The molecule has 3 amide bonds. The van der Waals surface area contributed by atoms with Gasteiger partial charge in [0.15, 0.2) is 0 Å². The van der Waals surface area contributed by atoms with Crippen molar-refractivity contribution in [1.29, 1.82) is 0 Å². The number of carbonyl (C=O) groups is 3. The van der Waals surface area contributed by atoms with Crippen LogP contribution in [-0.2, 0) is 16.1 Å². The van der Waals surface area contributed by atoms with Crippen LogP contribution in [0.2, 0.25) is 0 Å². The lowest BCUT2D eigenvalue weighted by Crippen LogP contribution is -2.53. The van der Waals surface area contributed by atoms with Gasteiger partial charge in [-0.05, 0) is 93.2 Å². The second-order valence-electron chi connectivity index (χ2n) is 11.4. The van der Waals surface area contributed by atoms with E-state index in [9.17, 15) is 14.4 Å². The average Bonchev–Trinajstić information content (AvgIpc) is 2.85. The average molecular weight is 466 g/mol. The lowest BCUT2D eigenvalue weighted by molar-refractivity contribution is -0.146. The highest BCUT2D eigenvalue weighted by atomic mass is 16.2. The molecule has 34 heavy (non-hydrogen) atoms. The van der Waals surface area contributed by atoms with Crippen LogP contribution in [0.5, 0.6) is 0 Å². The maximum Gasteiger partial charge on any atom is 0.253 e. The molecule has 0 atom stereocenters. The Morgan fingerprint density at radius 3 is 2.06 bits per heavy atom. The van der Waals surface area contributed by atoms with Crippen molar-refractivity contribution in [2.24, 2.45) is 29.1 Å². The second kappa shape index (κ2) is 9.71. The van der Waals surface area contributed by atoms with Crippen LogP contribution in [0.3, 0.4) is 0 Å². The van der Waals surface area contributed by atoms with Crippen molar-refractivity contribution in [2.45, 2.75) is 71.3 Å². The van der Waals surface area contributed by atoms with E-state index in [0.29, 0.717) is 31.7 Å². The summed E-state index contributed by atoms with van der Waals surface area (Å²) in [6.07, 6.45) is 9.62. The summed E-state index contributed by atoms with van der Waals surface area (Å²) in [5.41, 5.74) is 1.58. The Kier molecular flexibility index (Phi) is 6.67. The predicted octanol–water partition coefficient (Wildman–Crippen LogP) is 3.90. The van der Waals surface area contributed by atoms with Gasteiger partial charge in [-0.15, -0.1) is 0 Å². The molecule has 0 aromatic heterocycles. The van der Waals surface area contributed by atoms with Gasteiger partial charge in [-0.25, -0.2) is 0 Å². The van der Waals surface area contributed by atoms with Crippen LogP contribution in [-0.4, -0.2) is 42.3 Å². The van der Waals surface area contributed by atoms with Gasteiger partial charge in [0, 0.05) is 43.1 Å². The fraction of sp³-hybridized carbons (Fsp3) is 0.679. The number of piperidine rings is 1. The van der Waals surface area contributed by atoms with Gasteiger partial charge in [-0.2, -0.15) is 0 Å². The van der Waals surface area contributed by atoms with Gasteiger partial charge in [-0.3, -0.25) is 14.4 Å². The molecule has 1 aromatic rings. The number of nitrogens with one attached hydrogen (secondary N) is 2. The maximum atomic E-state index is 13.2. The number of likely N-dealkylation sites (tertiary alicyclic amines) is 1. The quantitative estimate of drug-likeness (QED) is 0.641. The number of nitrogens with zero attached hydrogens (tertiary/aromatic N) is 1. The molecule has 4 bridgehead atoms. The molecule has 184 valence electrons. The van der Waals surface area contributed by atoms with Gasteiger partial charge < -0.3 is 15.5 Å². The topological polar surface area (TPSA) is 78.5 Å². The smallest absolute Gasteiger partial charge is 0.253 e. The molecule has 5 aliphatic rings. The molecule has 1 aliphatic heterocycles. The van der Waals surface area contributed by atoms with E-state index in [1.807, 2.05) is 36.1 Å². The van der Waals surface area contributed by atoms with E-state index in [0.717, 1.165) is 61.8 Å². The molecule has 1 saturated heterocycles. The summed E-state index contributed by atoms with van der Waals surface area (Å²) in [7, 11) is 0. The first-order valence-corrected chi connectivity index (χ1v) is 13.4. The minimum absolute atomic E-state index is 0.00978. The van der Waals surface area contributed by atoms with Gasteiger partial charge in [0.25, 0.3) is 5.91 Å². The van der Waals surface area contributed by atoms with Crippen LogP contribution in [0, 0.1) is 29.1 Å². The highest BCUT2D eigenvalue weighted by Gasteiger charge is 2.54. The standard InChI is InChI=1S/C28H39N3O3/c1-2-9-29-25(32)23-7-10-31(11-8-23)26(33)24-5-3-19(4-6-24)18-30-27(34)28-15-20-12-21(16-28)14-22(13-20)17-28/h3-6,20-23H,2,7-18H2,1H3,(H,29,32)(H,30,34). The van der Waals surface area contributed by atoms with E-state index in [4.69, 9.17) is 0 Å². The summed E-state index contributed by atoms with van der Waals surface area (Å²) < 4.78 is 0. The zero-order valence-electron chi connectivity index (χ0n) is 20.5. The van der Waals surface area contributed by atoms with Crippen molar-refractivity contribution in [3.8, 4) is 0 Å². The summed E-state index contributed by atoms with van der Waals surface area (Å²) in [4.78, 5) is 40.2. The monoisotopic (exact) mass is 465 g/mol. The van der Waals surface area contributed by atoms with Crippen molar-refractivity contribution in [3.05, 3.63) is 35.4 Å². The van der Waals surface area contributed by atoms with Crippen LogP contribution in [0.25, 0.3) is 0 Å². The number of hydrogen-bond acceptors (Lipinski definition) is 3. The molecule has 6 rings (SSSR count). The third-order valence-electron chi connectivity index (χ3n) is 8.88. The highest BCUT2D eigenvalue weighted by molar-refractivity contribution is 5.94. The van der Waals surface area contributed by atoms with E-state index in [2.05, 4.69) is 10.6 Å². The molecule has 0 spiro atoms. The molecule has 0 unspecified atom stereocenters. The summed E-state index contributed by atoms with van der Waals surface area (Å²) in [6, 6.07) is 7.65.